The molecule has 2 aromatic carbocycles. The summed E-state index contributed by atoms with van der Waals surface area (Å²) in [7, 11) is 0. The number of nitrogens with zero attached hydrogens (tertiary/aromatic N) is 1. The molecule has 1 N–H and O–H groups in total. The molecule has 0 aliphatic rings. The Morgan fingerprint density at radius 2 is 1.48 bits per heavy atom. The number of benzene rings is 2. The van der Waals surface area contributed by atoms with E-state index in [1.165, 1.54) is 5.56 Å². The van der Waals surface area contributed by atoms with E-state index in [2.05, 4.69) is 18.3 Å². The van der Waals surface area contributed by atoms with Gasteiger partial charge in [-0.1, -0.05) is 32.0 Å². The average Bonchev–Trinajstić information content (AvgIpc) is 2.64. The topological polar surface area (TPSA) is 70.0 Å². The summed E-state index contributed by atoms with van der Waals surface area (Å²) in [6, 6.07) is 15.9. The number of carbonyl (C=O) groups excluding carboxylic acids is 2. The Bertz CT molecular complexity index is 603. The van der Waals surface area contributed by atoms with Crippen molar-refractivity contribution in [3.63, 3.8) is 0 Å². The van der Waals surface area contributed by atoms with Crippen LogP contribution >= 0.6 is 0 Å². The van der Waals surface area contributed by atoms with Crippen molar-refractivity contribution in [2.75, 3.05) is 5.32 Å². The summed E-state index contributed by atoms with van der Waals surface area (Å²) >= 11 is 0. The number of para-hydroxylation sites is 1. The highest BCUT2D eigenvalue weighted by molar-refractivity contribution is 5.66. The zero-order valence-corrected chi connectivity index (χ0v) is 14.2. The molecule has 23 heavy (non-hydrogen) atoms. The van der Waals surface area contributed by atoms with Crippen molar-refractivity contribution in [3.8, 4) is 6.07 Å². The van der Waals surface area contributed by atoms with Crippen LogP contribution in [-0.4, -0.2) is 13.6 Å². The van der Waals surface area contributed by atoms with Gasteiger partial charge in [-0.2, -0.15) is 5.26 Å². The van der Waals surface area contributed by atoms with Crippen LogP contribution in [0.1, 0.15) is 30.5 Å². The minimum absolute atomic E-state index is 0.687. The molecule has 122 valence electrons. The molecule has 0 saturated carbocycles. The molecule has 4 nitrogen and oxygen atoms in total. The van der Waals surface area contributed by atoms with Gasteiger partial charge in [-0.15, -0.1) is 0 Å². The molecular weight excluding hydrogens is 288 g/mol. The van der Waals surface area contributed by atoms with Crippen molar-refractivity contribution in [1.82, 2.24) is 0 Å². The third-order valence-corrected chi connectivity index (χ3v) is 2.85. The minimum Gasteiger partial charge on any atom is -0.355 e. The van der Waals surface area contributed by atoms with Crippen LogP contribution in [0, 0.1) is 25.2 Å². The fourth-order valence-corrected chi connectivity index (χ4v) is 1.73. The van der Waals surface area contributed by atoms with E-state index < -0.39 is 0 Å². The molecule has 0 saturated heterocycles. The molecule has 0 bridgehead atoms. The molecule has 0 radical (unpaired) electrons. The summed E-state index contributed by atoms with van der Waals surface area (Å²) in [4.78, 5) is 16.0. The van der Waals surface area contributed by atoms with Crippen LogP contribution in [-0.2, 0) is 9.59 Å². The molecule has 2 aromatic rings. The van der Waals surface area contributed by atoms with Crippen LogP contribution in [0.2, 0.25) is 0 Å². The van der Waals surface area contributed by atoms with Gasteiger partial charge in [-0.25, -0.2) is 0 Å². The summed E-state index contributed by atoms with van der Waals surface area (Å²) in [5, 5.41) is 12.3. The first-order valence-corrected chi connectivity index (χ1v) is 7.12. The maximum absolute atomic E-state index is 8.97. The van der Waals surface area contributed by atoms with E-state index in [0.29, 0.717) is 5.56 Å². The van der Waals surface area contributed by atoms with Gasteiger partial charge < -0.3 is 14.9 Å². The summed E-state index contributed by atoms with van der Waals surface area (Å²) in [6.07, 6.45) is 0. The number of rotatable bonds is 2. The van der Waals surface area contributed by atoms with E-state index in [4.69, 9.17) is 14.9 Å². The lowest BCUT2D eigenvalue weighted by molar-refractivity contribution is -0.0987. The van der Waals surface area contributed by atoms with Crippen molar-refractivity contribution in [2.45, 2.75) is 27.7 Å². The zero-order chi connectivity index (χ0) is 18.3. The molecule has 0 atom stereocenters. The SMILES string of the molecule is C=O.C=O.CC.Cc1cc(C#N)cc(Nc2ccccc2)c1C. The zero-order valence-electron chi connectivity index (χ0n) is 14.2. The summed E-state index contributed by atoms with van der Waals surface area (Å²) in [6.45, 7) is 12.1. The van der Waals surface area contributed by atoms with E-state index in [1.54, 1.807) is 0 Å². The highest BCUT2D eigenvalue weighted by atomic mass is 16.1. The van der Waals surface area contributed by atoms with Gasteiger partial charge in [0.1, 0.15) is 13.6 Å². The van der Waals surface area contributed by atoms with E-state index >= 15 is 0 Å². The van der Waals surface area contributed by atoms with Crippen LogP contribution in [0.25, 0.3) is 0 Å². The molecule has 0 spiro atoms. The lowest BCUT2D eigenvalue weighted by Gasteiger charge is -2.12. The predicted octanol–water partition coefficient (Wildman–Crippen LogP) is 4.58. The average molecular weight is 312 g/mol. The maximum Gasteiger partial charge on any atom is 0.106 e. The Balaban J connectivity index is 0. The Morgan fingerprint density at radius 1 is 0.957 bits per heavy atom. The molecule has 0 aliphatic carbocycles. The first-order chi connectivity index (χ1) is 11.2. The number of anilines is 2. The summed E-state index contributed by atoms with van der Waals surface area (Å²) < 4.78 is 0. The first-order valence-electron chi connectivity index (χ1n) is 7.12. The van der Waals surface area contributed by atoms with Gasteiger partial charge in [0.15, 0.2) is 0 Å². The number of carbonyl (C=O) groups is 2. The van der Waals surface area contributed by atoms with Crippen molar-refractivity contribution in [2.24, 2.45) is 0 Å². The third-order valence-electron chi connectivity index (χ3n) is 2.85. The van der Waals surface area contributed by atoms with Crippen molar-refractivity contribution < 1.29 is 9.59 Å². The molecule has 0 amide bonds. The molecule has 0 heterocycles. The van der Waals surface area contributed by atoms with Crippen molar-refractivity contribution >= 4 is 25.0 Å². The highest BCUT2D eigenvalue weighted by Crippen LogP contribution is 2.24. The summed E-state index contributed by atoms with van der Waals surface area (Å²) in [5.41, 5.74) is 5.01. The molecule has 2 rings (SSSR count). The quantitative estimate of drug-likeness (QED) is 0.881. The van der Waals surface area contributed by atoms with E-state index in [-0.39, 0.29) is 0 Å². The molecule has 0 fully saturated rings. The summed E-state index contributed by atoms with van der Waals surface area (Å²) in [5.74, 6) is 0. The minimum atomic E-state index is 0.687. The molecule has 0 unspecified atom stereocenters. The molecule has 4 heteroatoms. The number of hydrogen-bond donors (Lipinski definition) is 1. The molecular formula is C19H24N2O2. The second-order valence-electron chi connectivity index (χ2n) is 4.07. The van der Waals surface area contributed by atoms with Gasteiger partial charge in [0.05, 0.1) is 11.6 Å². The van der Waals surface area contributed by atoms with Crippen molar-refractivity contribution in [3.05, 3.63) is 59.2 Å². The van der Waals surface area contributed by atoms with E-state index in [0.717, 1.165) is 16.9 Å². The Labute approximate surface area is 138 Å². The van der Waals surface area contributed by atoms with Gasteiger partial charge in [0.25, 0.3) is 0 Å². The van der Waals surface area contributed by atoms with Crippen LogP contribution in [0.3, 0.4) is 0 Å². The number of aryl methyl sites for hydroxylation is 1. The predicted molar refractivity (Wildman–Crippen MR) is 95.9 cm³/mol. The van der Waals surface area contributed by atoms with Crippen LogP contribution < -0.4 is 5.32 Å². The first kappa shape index (κ1) is 22.4. The smallest absolute Gasteiger partial charge is 0.106 e. The second kappa shape index (κ2) is 14.0. The monoisotopic (exact) mass is 312 g/mol. The van der Waals surface area contributed by atoms with Gasteiger partial charge in [-0.05, 0) is 49.2 Å². The van der Waals surface area contributed by atoms with E-state index in [9.17, 15) is 0 Å². The Morgan fingerprint density at radius 3 is 1.96 bits per heavy atom. The fourth-order valence-electron chi connectivity index (χ4n) is 1.73. The van der Waals surface area contributed by atoms with E-state index in [1.807, 2.05) is 76.8 Å². The number of nitriles is 1. The Kier molecular flexibility index (Phi) is 13.6. The lowest BCUT2D eigenvalue weighted by atomic mass is 10.0. The highest BCUT2D eigenvalue weighted by Gasteiger charge is 2.04. The molecule has 0 aliphatic heterocycles. The fraction of sp³-hybridized carbons (Fsp3) is 0.211. The van der Waals surface area contributed by atoms with Gasteiger partial charge in [0.2, 0.25) is 0 Å². The van der Waals surface area contributed by atoms with Crippen molar-refractivity contribution in [1.29, 1.82) is 5.26 Å². The normalized spacial score (nSPS) is 7.78. The standard InChI is InChI=1S/C15H14N2.C2H6.2CH2O/c1-11-8-13(10-16)9-15(12(11)2)17-14-6-4-3-5-7-14;3*1-2/h3-9,17H,1-2H3;1-2H3;2*1H2. The number of nitrogens with one attached hydrogen (secondary N) is 1. The maximum atomic E-state index is 8.97. The Hall–Kier alpha value is -2.93. The van der Waals surface area contributed by atoms with Gasteiger partial charge in [0, 0.05) is 11.4 Å². The van der Waals surface area contributed by atoms with Crippen LogP contribution in [0.5, 0.6) is 0 Å². The van der Waals surface area contributed by atoms with Crippen LogP contribution in [0.4, 0.5) is 11.4 Å². The van der Waals surface area contributed by atoms with Crippen LogP contribution in [0.15, 0.2) is 42.5 Å². The van der Waals surface area contributed by atoms with Gasteiger partial charge in [-0.3, -0.25) is 0 Å². The molecule has 0 aromatic heterocycles. The third kappa shape index (κ3) is 7.58. The number of hydrogen-bond acceptors (Lipinski definition) is 4. The second-order valence-corrected chi connectivity index (χ2v) is 4.07. The lowest BCUT2D eigenvalue weighted by Crippen LogP contribution is -1.96. The van der Waals surface area contributed by atoms with Gasteiger partial charge >= 0.3 is 0 Å². The largest absolute Gasteiger partial charge is 0.355 e.